The highest BCUT2D eigenvalue weighted by atomic mass is 16.5. The van der Waals surface area contributed by atoms with Crippen molar-refractivity contribution in [1.29, 1.82) is 0 Å². The van der Waals surface area contributed by atoms with Gasteiger partial charge < -0.3 is 10.1 Å². The predicted molar refractivity (Wildman–Crippen MR) is 65.1 cm³/mol. The lowest BCUT2D eigenvalue weighted by Crippen LogP contribution is -2.40. The zero-order valence-electron chi connectivity index (χ0n) is 10.6. The molecule has 1 fully saturated rings. The first-order valence-electron chi connectivity index (χ1n) is 6.61. The Bertz CT molecular complexity index is 149. The van der Waals surface area contributed by atoms with Crippen LogP contribution in [0, 0.1) is 5.92 Å². The molecule has 1 rings (SSSR count). The number of hydrogen-bond acceptors (Lipinski definition) is 2. The molecule has 0 radical (unpaired) electrons. The maximum Gasteiger partial charge on any atom is 0.0480 e. The van der Waals surface area contributed by atoms with Gasteiger partial charge in [0.15, 0.2) is 0 Å². The third kappa shape index (κ3) is 4.52. The van der Waals surface area contributed by atoms with E-state index in [-0.39, 0.29) is 0 Å². The molecule has 90 valence electrons. The Hall–Kier alpha value is -0.0800. The van der Waals surface area contributed by atoms with Gasteiger partial charge in [0, 0.05) is 25.3 Å². The average molecular weight is 213 g/mol. The molecular formula is C13H27NO. The lowest BCUT2D eigenvalue weighted by molar-refractivity contribution is 0.142. The molecule has 0 spiro atoms. The van der Waals surface area contributed by atoms with E-state index in [1.807, 2.05) is 0 Å². The smallest absolute Gasteiger partial charge is 0.0480 e. The number of ether oxygens (including phenoxy) is 1. The average Bonchev–Trinajstić information content (AvgIpc) is 2.48. The van der Waals surface area contributed by atoms with E-state index in [0.717, 1.165) is 19.1 Å². The molecule has 1 aliphatic heterocycles. The van der Waals surface area contributed by atoms with Crippen molar-refractivity contribution in [3.8, 4) is 0 Å². The fourth-order valence-electron chi connectivity index (χ4n) is 2.57. The van der Waals surface area contributed by atoms with Gasteiger partial charge in [-0.05, 0) is 32.1 Å². The Kier molecular flexibility index (Phi) is 6.26. The van der Waals surface area contributed by atoms with Gasteiger partial charge in [-0.25, -0.2) is 0 Å². The summed E-state index contributed by atoms with van der Waals surface area (Å²) in [5.74, 6) is 0.828. The van der Waals surface area contributed by atoms with Crippen LogP contribution >= 0.6 is 0 Å². The first-order valence-corrected chi connectivity index (χ1v) is 6.61. The number of rotatable bonds is 5. The van der Waals surface area contributed by atoms with E-state index in [4.69, 9.17) is 4.74 Å². The van der Waals surface area contributed by atoms with Gasteiger partial charge in [0.1, 0.15) is 0 Å². The van der Waals surface area contributed by atoms with Gasteiger partial charge in [-0.2, -0.15) is 0 Å². The molecule has 0 aromatic heterocycles. The Labute approximate surface area is 94.8 Å². The molecule has 15 heavy (non-hydrogen) atoms. The predicted octanol–water partition coefficient (Wildman–Crippen LogP) is 2.97. The van der Waals surface area contributed by atoms with Crippen molar-refractivity contribution in [2.75, 3.05) is 13.2 Å². The fourth-order valence-corrected chi connectivity index (χ4v) is 2.57. The van der Waals surface area contributed by atoms with Crippen molar-refractivity contribution < 1.29 is 4.74 Å². The van der Waals surface area contributed by atoms with Gasteiger partial charge in [-0.1, -0.05) is 26.7 Å². The van der Waals surface area contributed by atoms with Gasteiger partial charge in [0.2, 0.25) is 0 Å². The standard InChI is InChI=1S/C13H27NO/c1-4-12(5-2)11(3)14-13-7-6-9-15-10-8-13/h11-14H,4-10H2,1-3H3. The third-order valence-corrected chi connectivity index (χ3v) is 3.71. The summed E-state index contributed by atoms with van der Waals surface area (Å²) in [6.07, 6.45) is 6.25. The summed E-state index contributed by atoms with van der Waals surface area (Å²) in [7, 11) is 0. The van der Waals surface area contributed by atoms with Crippen LogP contribution in [0.3, 0.4) is 0 Å². The summed E-state index contributed by atoms with van der Waals surface area (Å²) < 4.78 is 5.48. The molecule has 0 bridgehead atoms. The van der Waals surface area contributed by atoms with E-state index in [0.29, 0.717) is 12.1 Å². The highest BCUT2D eigenvalue weighted by Gasteiger charge is 2.18. The van der Waals surface area contributed by atoms with Crippen LogP contribution in [0.1, 0.15) is 52.9 Å². The molecule has 0 aromatic carbocycles. The summed E-state index contributed by atoms with van der Waals surface area (Å²) in [5.41, 5.74) is 0. The first kappa shape index (κ1) is 13.0. The highest BCUT2D eigenvalue weighted by molar-refractivity contribution is 4.77. The minimum absolute atomic E-state index is 0.656. The van der Waals surface area contributed by atoms with Crippen LogP contribution < -0.4 is 5.32 Å². The molecule has 1 N–H and O–H groups in total. The number of nitrogens with one attached hydrogen (secondary N) is 1. The maximum atomic E-state index is 5.48. The molecule has 0 aromatic rings. The molecule has 1 heterocycles. The Morgan fingerprint density at radius 2 is 1.93 bits per heavy atom. The zero-order chi connectivity index (χ0) is 11.1. The van der Waals surface area contributed by atoms with Crippen molar-refractivity contribution in [3.05, 3.63) is 0 Å². The molecule has 2 nitrogen and oxygen atoms in total. The summed E-state index contributed by atoms with van der Waals surface area (Å²) in [6, 6.07) is 1.34. The van der Waals surface area contributed by atoms with Crippen LogP contribution in [0.2, 0.25) is 0 Å². The third-order valence-electron chi connectivity index (χ3n) is 3.71. The van der Waals surface area contributed by atoms with E-state index < -0.39 is 0 Å². The van der Waals surface area contributed by atoms with E-state index in [2.05, 4.69) is 26.1 Å². The van der Waals surface area contributed by atoms with Crippen LogP contribution in [-0.2, 0) is 4.74 Å². The molecule has 2 heteroatoms. The van der Waals surface area contributed by atoms with Crippen LogP contribution in [0.15, 0.2) is 0 Å². The largest absolute Gasteiger partial charge is 0.381 e. The molecule has 0 aliphatic carbocycles. The van der Waals surface area contributed by atoms with Crippen molar-refractivity contribution >= 4 is 0 Å². The Balaban J connectivity index is 2.31. The zero-order valence-corrected chi connectivity index (χ0v) is 10.6. The molecular weight excluding hydrogens is 186 g/mol. The van der Waals surface area contributed by atoms with Crippen LogP contribution in [0.25, 0.3) is 0 Å². The summed E-state index contributed by atoms with van der Waals surface area (Å²) in [5, 5.41) is 3.78. The van der Waals surface area contributed by atoms with Crippen LogP contribution in [0.5, 0.6) is 0 Å². The lowest BCUT2D eigenvalue weighted by atomic mass is 9.94. The molecule has 1 saturated heterocycles. The van der Waals surface area contributed by atoms with Gasteiger partial charge in [0.05, 0.1) is 0 Å². The van der Waals surface area contributed by atoms with E-state index in [9.17, 15) is 0 Å². The quantitative estimate of drug-likeness (QED) is 0.758. The van der Waals surface area contributed by atoms with E-state index in [1.165, 1.54) is 32.1 Å². The summed E-state index contributed by atoms with van der Waals surface area (Å²) in [6.45, 7) is 8.82. The minimum atomic E-state index is 0.656. The fraction of sp³-hybridized carbons (Fsp3) is 1.00. The van der Waals surface area contributed by atoms with Gasteiger partial charge in [-0.3, -0.25) is 0 Å². The maximum absolute atomic E-state index is 5.48. The lowest BCUT2D eigenvalue weighted by Gasteiger charge is -2.27. The molecule has 2 atom stereocenters. The molecule has 1 aliphatic rings. The second-order valence-electron chi connectivity index (χ2n) is 4.77. The van der Waals surface area contributed by atoms with Crippen LogP contribution in [0.4, 0.5) is 0 Å². The van der Waals surface area contributed by atoms with Gasteiger partial charge in [-0.15, -0.1) is 0 Å². The Morgan fingerprint density at radius 1 is 1.20 bits per heavy atom. The first-order chi connectivity index (χ1) is 7.27. The monoisotopic (exact) mass is 213 g/mol. The topological polar surface area (TPSA) is 21.3 Å². The minimum Gasteiger partial charge on any atom is -0.381 e. The highest BCUT2D eigenvalue weighted by Crippen LogP contribution is 2.16. The van der Waals surface area contributed by atoms with Gasteiger partial charge in [0.25, 0.3) is 0 Å². The number of hydrogen-bond donors (Lipinski definition) is 1. The second-order valence-corrected chi connectivity index (χ2v) is 4.77. The van der Waals surface area contributed by atoms with Crippen molar-refractivity contribution in [3.63, 3.8) is 0 Å². The van der Waals surface area contributed by atoms with E-state index in [1.54, 1.807) is 0 Å². The SMILES string of the molecule is CCC(CC)C(C)NC1CCCOCC1. The van der Waals surface area contributed by atoms with Crippen LogP contribution in [-0.4, -0.2) is 25.3 Å². The summed E-state index contributed by atoms with van der Waals surface area (Å²) in [4.78, 5) is 0. The van der Waals surface area contributed by atoms with Crippen molar-refractivity contribution in [1.82, 2.24) is 5.32 Å². The molecule has 0 saturated carbocycles. The normalized spacial score (nSPS) is 25.2. The van der Waals surface area contributed by atoms with Crippen molar-refractivity contribution in [2.45, 2.75) is 65.0 Å². The summed E-state index contributed by atoms with van der Waals surface area (Å²) >= 11 is 0. The second kappa shape index (κ2) is 7.24. The van der Waals surface area contributed by atoms with Gasteiger partial charge >= 0.3 is 0 Å². The van der Waals surface area contributed by atoms with Crippen molar-refractivity contribution in [2.24, 2.45) is 5.92 Å². The Morgan fingerprint density at radius 3 is 2.60 bits per heavy atom. The van der Waals surface area contributed by atoms with E-state index >= 15 is 0 Å². The molecule has 0 amide bonds. The molecule has 2 unspecified atom stereocenters.